The zero-order chi connectivity index (χ0) is 13.9. The number of amides is 1. The molecule has 0 heterocycles. The van der Waals surface area contributed by atoms with Gasteiger partial charge in [-0.15, -0.1) is 0 Å². The van der Waals surface area contributed by atoms with Gasteiger partial charge in [0.25, 0.3) is 5.91 Å². The van der Waals surface area contributed by atoms with Crippen LogP contribution in [-0.2, 0) is 0 Å². The van der Waals surface area contributed by atoms with Gasteiger partial charge in [0, 0.05) is 6.04 Å². The zero-order valence-corrected chi connectivity index (χ0v) is 11.3. The highest BCUT2D eigenvalue weighted by atomic mass is 35.5. The van der Waals surface area contributed by atoms with Crippen LogP contribution in [0.1, 0.15) is 37.6 Å². The summed E-state index contributed by atoms with van der Waals surface area (Å²) in [6.45, 7) is 5.87. The summed E-state index contributed by atoms with van der Waals surface area (Å²) in [5, 5.41) is 2.63. The highest BCUT2D eigenvalue weighted by Gasteiger charge is 2.18. The lowest BCUT2D eigenvalue weighted by Gasteiger charge is -2.20. The van der Waals surface area contributed by atoms with Crippen LogP contribution >= 0.6 is 11.6 Å². The van der Waals surface area contributed by atoms with Gasteiger partial charge in [0.15, 0.2) is 11.6 Å². The molecule has 18 heavy (non-hydrogen) atoms. The smallest absolute Gasteiger partial charge is 0.253 e. The molecule has 5 heteroatoms. The van der Waals surface area contributed by atoms with E-state index < -0.39 is 17.5 Å². The molecule has 0 unspecified atom stereocenters. The monoisotopic (exact) mass is 275 g/mol. The van der Waals surface area contributed by atoms with Crippen LogP contribution in [0.4, 0.5) is 8.78 Å². The molecule has 0 aliphatic carbocycles. The lowest BCUT2D eigenvalue weighted by Crippen LogP contribution is -2.37. The van der Waals surface area contributed by atoms with E-state index in [2.05, 4.69) is 5.32 Å². The quantitative estimate of drug-likeness (QED) is 0.833. The number of carbonyl (C=O) groups is 1. The summed E-state index contributed by atoms with van der Waals surface area (Å²) in [7, 11) is 0. The van der Waals surface area contributed by atoms with Gasteiger partial charge in [0.2, 0.25) is 0 Å². The van der Waals surface area contributed by atoms with E-state index in [1.165, 1.54) is 0 Å². The molecule has 0 radical (unpaired) electrons. The highest BCUT2D eigenvalue weighted by molar-refractivity contribution is 6.33. The SMILES string of the molecule is CC[C@H](C)[C@@H](C)NC(=O)c1cc(F)c(F)cc1Cl. The van der Waals surface area contributed by atoms with Crippen molar-refractivity contribution in [2.75, 3.05) is 0 Å². The number of halogens is 3. The van der Waals surface area contributed by atoms with Gasteiger partial charge in [-0.3, -0.25) is 4.79 Å². The lowest BCUT2D eigenvalue weighted by molar-refractivity contribution is 0.0927. The first-order chi connectivity index (χ1) is 8.36. The number of hydrogen-bond donors (Lipinski definition) is 1. The predicted molar refractivity (Wildman–Crippen MR) is 67.8 cm³/mol. The molecule has 0 aliphatic heterocycles. The first-order valence-corrected chi connectivity index (χ1v) is 6.20. The van der Waals surface area contributed by atoms with E-state index in [-0.39, 0.29) is 22.5 Å². The fourth-order valence-corrected chi connectivity index (χ4v) is 1.71. The van der Waals surface area contributed by atoms with Gasteiger partial charge in [0.05, 0.1) is 10.6 Å². The Hall–Kier alpha value is -1.16. The second-order valence-electron chi connectivity index (χ2n) is 4.39. The number of rotatable bonds is 4. The van der Waals surface area contributed by atoms with E-state index >= 15 is 0 Å². The van der Waals surface area contributed by atoms with Crippen molar-refractivity contribution in [1.29, 1.82) is 0 Å². The van der Waals surface area contributed by atoms with Gasteiger partial charge in [-0.1, -0.05) is 31.9 Å². The van der Waals surface area contributed by atoms with Gasteiger partial charge >= 0.3 is 0 Å². The molecular formula is C13H16ClF2NO. The minimum Gasteiger partial charge on any atom is -0.349 e. The Labute approximate surface area is 110 Å². The van der Waals surface area contributed by atoms with Crippen LogP contribution in [-0.4, -0.2) is 11.9 Å². The largest absolute Gasteiger partial charge is 0.349 e. The molecule has 0 saturated carbocycles. The van der Waals surface area contributed by atoms with Crippen molar-refractivity contribution in [3.63, 3.8) is 0 Å². The predicted octanol–water partition coefficient (Wildman–Crippen LogP) is 3.78. The van der Waals surface area contributed by atoms with Crippen LogP contribution in [0.3, 0.4) is 0 Å². The molecule has 0 fully saturated rings. The molecular weight excluding hydrogens is 260 g/mol. The third-order valence-corrected chi connectivity index (χ3v) is 3.42. The van der Waals surface area contributed by atoms with Crippen molar-refractivity contribution in [3.8, 4) is 0 Å². The van der Waals surface area contributed by atoms with Gasteiger partial charge in [-0.2, -0.15) is 0 Å². The molecule has 1 N–H and O–H groups in total. The van der Waals surface area contributed by atoms with E-state index in [9.17, 15) is 13.6 Å². The first-order valence-electron chi connectivity index (χ1n) is 5.82. The van der Waals surface area contributed by atoms with Crippen LogP contribution < -0.4 is 5.32 Å². The van der Waals surface area contributed by atoms with Crippen molar-refractivity contribution < 1.29 is 13.6 Å². The van der Waals surface area contributed by atoms with E-state index in [0.29, 0.717) is 0 Å². The average Bonchev–Trinajstić information content (AvgIpc) is 2.32. The van der Waals surface area contributed by atoms with Crippen LogP contribution in [0.25, 0.3) is 0 Å². The van der Waals surface area contributed by atoms with Crippen LogP contribution in [0.5, 0.6) is 0 Å². The van der Waals surface area contributed by atoms with Crippen molar-refractivity contribution >= 4 is 17.5 Å². The normalized spacial score (nSPS) is 14.1. The molecule has 1 aromatic rings. The molecule has 1 amide bonds. The van der Waals surface area contributed by atoms with Gasteiger partial charge in [-0.05, 0) is 25.0 Å². The Balaban J connectivity index is 2.88. The highest BCUT2D eigenvalue weighted by Crippen LogP contribution is 2.20. The van der Waals surface area contributed by atoms with Crippen LogP contribution in [0.2, 0.25) is 5.02 Å². The number of benzene rings is 1. The van der Waals surface area contributed by atoms with Crippen LogP contribution in [0.15, 0.2) is 12.1 Å². The topological polar surface area (TPSA) is 29.1 Å². The molecule has 0 aliphatic rings. The maximum absolute atomic E-state index is 13.1. The standard InChI is InChI=1S/C13H16ClF2NO/c1-4-7(2)8(3)17-13(18)9-5-11(15)12(16)6-10(9)14/h5-8H,4H2,1-3H3,(H,17,18)/t7-,8+/m0/s1. The van der Waals surface area contributed by atoms with Crippen molar-refractivity contribution in [2.24, 2.45) is 5.92 Å². The molecule has 100 valence electrons. The van der Waals surface area contributed by atoms with E-state index in [1.807, 2.05) is 20.8 Å². The molecule has 1 rings (SSSR count). The Bertz CT molecular complexity index is 451. The maximum Gasteiger partial charge on any atom is 0.253 e. The fourth-order valence-electron chi connectivity index (χ4n) is 1.48. The molecule has 0 spiro atoms. The Morgan fingerprint density at radius 2 is 1.89 bits per heavy atom. The molecule has 0 aromatic heterocycles. The molecule has 1 aromatic carbocycles. The van der Waals surface area contributed by atoms with Gasteiger partial charge in [0.1, 0.15) is 0 Å². The van der Waals surface area contributed by atoms with Gasteiger partial charge in [-0.25, -0.2) is 8.78 Å². The van der Waals surface area contributed by atoms with E-state index in [4.69, 9.17) is 11.6 Å². The Morgan fingerprint density at radius 1 is 1.33 bits per heavy atom. The van der Waals surface area contributed by atoms with Gasteiger partial charge < -0.3 is 5.32 Å². The summed E-state index contributed by atoms with van der Waals surface area (Å²) in [6.07, 6.45) is 0.910. The maximum atomic E-state index is 13.1. The van der Waals surface area contributed by atoms with Crippen LogP contribution in [0, 0.1) is 17.6 Å². The summed E-state index contributed by atoms with van der Waals surface area (Å²) in [5.74, 6) is -2.35. The lowest BCUT2D eigenvalue weighted by atomic mass is 10.0. The summed E-state index contributed by atoms with van der Waals surface area (Å²) >= 11 is 5.73. The molecule has 0 saturated heterocycles. The van der Waals surface area contributed by atoms with Crippen molar-refractivity contribution in [2.45, 2.75) is 33.2 Å². The third-order valence-electron chi connectivity index (χ3n) is 3.11. The summed E-state index contributed by atoms with van der Waals surface area (Å²) in [6, 6.07) is 1.56. The molecule has 2 atom stereocenters. The third kappa shape index (κ3) is 3.42. The molecule has 0 bridgehead atoms. The van der Waals surface area contributed by atoms with E-state index in [1.54, 1.807) is 0 Å². The second kappa shape index (κ2) is 6.14. The van der Waals surface area contributed by atoms with Crippen molar-refractivity contribution in [1.82, 2.24) is 5.32 Å². The Kier molecular flexibility index (Phi) is 5.08. The van der Waals surface area contributed by atoms with Crippen molar-refractivity contribution in [3.05, 3.63) is 34.4 Å². The Morgan fingerprint density at radius 3 is 2.44 bits per heavy atom. The summed E-state index contributed by atoms with van der Waals surface area (Å²) < 4.78 is 25.9. The summed E-state index contributed by atoms with van der Waals surface area (Å²) in [5.41, 5.74) is -0.0503. The number of hydrogen-bond acceptors (Lipinski definition) is 1. The number of nitrogens with one attached hydrogen (secondary N) is 1. The fraction of sp³-hybridized carbons (Fsp3) is 0.462. The minimum absolute atomic E-state index is 0.0503. The number of carbonyl (C=O) groups excluding carboxylic acids is 1. The average molecular weight is 276 g/mol. The van der Waals surface area contributed by atoms with E-state index in [0.717, 1.165) is 18.6 Å². The molecule has 2 nitrogen and oxygen atoms in total. The first kappa shape index (κ1) is 14.9. The summed E-state index contributed by atoms with van der Waals surface area (Å²) in [4.78, 5) is 11.9. The second-order valence-corrected chi connectivity index (χ2v) is 4.80. The zero-order valence-electron chi connectivity index (χ0n) is 10.6. The minimum atomic E-state index is -1.08.